The van der Waals surface area contributed by atoms with Gasteiger partial charge in [0.25, 0.3) is 5.91 Å². The molecule has 1 heterocycles. The number of primary amides is 1. The molecule has 0 spiro atoms. The fraction of sp³-hybridized carbons (Fsp3) is 0.0833. The zero-order valence-electron chi connectivity index (χ0n) is 8.45. The molecule has 3 nitrogen and oxygen atoms in total. The average molecular weight is 200 g/mol. The Bertz CT molecular complexity index is 486. The van der Waals surface area contributed by atoms with Crippen LogP contribution in [-0.4, -0.2) is 10.9 Å². The molecule has 0 saturated carbocycles. The third-order valence-corrected chi connectivity index (χ3v) is 2.47. The first-order valence-electron chi connectivity index (χ1n) is 4.73. The van der Waals surface area contributed by atoms with Gasteiger partial charge in [0, 0.05) is 11.8 Å². The monoisotopic (exact) mass is 200 g/mol. The Morgan fingerprint density at radius 1 is 1.27 bits per heavy atom. The maximum Gasteiger partial charge on any atom is 0.265 e. The second kappa shape index (κ2) is 3.61. The van der Waals surface area contributed by atoms with Crippen molar-refractivity contribution in [1.29, 1.82) is 0 Å². The molecule has 3 heteroatoms. The van der Waals surface area contributed by atoms with Crippen molar-refractivity contribution in [2.24, 2.45) is 5.73 Å². The van der Waals surface area contributed by atoms with E-state index < -0.39 is 5.91 Å². The van der Waals surface area contributed by atoms with Crippen molar-refractivity contribution in [2.75, 3.05) is 0 Å². The van der Waals surface area contributed by atoms with Crippen LogP contribution in [0.2, 0.25) is 0 Å². The molecule has 76 valence electrons. The van der Waals surface area contributed by atoms with Gasteiger partial charge in [-0.3, -0.25) is 4.79 Å². The molecule has 0 bridgehead atoms. The van der Waals surface area contributed by atoms with E-state index in [4.69, 9.17) is 5.73 Å². The van der Waals surface area contributed by atoms with E-state index in [1.807, 2.05) is 43.5 Å². The van der Waals surface area contributed by atoms with E-state index in [1.165, 1.54) is 0 Å². The van der Waals surface area contributed by atoms with Gasteiger partial charge in [0.15, 0.2) is 0 Å². The Labute approximate surface area is 87.9 Å². The molecule has 0 radical (unpaired) electrons. The van der Waals surface area contributed by atoms with Gasteiger partial charge < -0.3 is 10.7 Å². The predicted octanol–water partition coefficient (Wildman–Crippen LogP) is 2.09. The molecule has 0 aliphatic rings. The lowest BCUT2D eigenvalue weighted by molar-refractivity contribution is 0.0995. The van der Waals surface area contributed by atoms with Crippen LogP contribution >= 0.6 is 0 Å². The highest BCUT2D eigenvalue weighted by molar-refractivity contribution is 5.94. The molecule has 0 aliphatic carbocycles. The van der Waals surface area contributed by atoms with Gasteiger partial charge in [-0.25, -0.2) is 0 Å². The Morgan fingerprint density at radius 3 is 2.47 bits per heavy atom. The molecule has 3 N–H and O–H groups in total. The predicted molar refractivity (Wildman–Crippen MR) is 59.5 cm³/mol. The lowest BCUT2D eigenvalue weighted by Crippen LogP contribution is -2.12. The maximum absolute atomic E-state index is 11.1. The highest BCUT2D eigenvalue weighted by atomic mass is 16.1. The summed E-state index contributed by atoms with van der Waals surface area (Å²) in [6, 6.07) is 9.89. The molecule has 2 rings (SSSR count). The number of carbonyl (C=O) groups excluding carboxylic acids is 1. The van der Waals surface area contributed by atoms with Crippen LogP contribution in [0.15, 0.2) is 36.5 Å². The summed E-state index contributed by atoms with van der Waals surface area (Å²) >= 11 is 0. The summed E-state index contributed by atoms with van der Waals surface area (Å²) in [4.78, 5) is 14.0. The van der Waals surface area contributed by atoms with Crippen LogP contribution in [0.3, 0.4) is 0 Å². The van der Waals surface area contributed by atoms with E-state index >= 15 is 0 Å². The lowest BCUT2D eigenvalue weighted by Gasteiger charge is -1.99. The Balaban J connectivity index is 2.52. The number of nitrogens with one attached hydrogen (secondary N) is 1. The molecule has 2 aromatic rings. The van der Waals surface area contributed by atoms with Gasteiger partial charge in [-0.05, 0) is 18.1 Å². The number of nitrogens with two attached hydrogens (primary N) is 1. The number of aromatic nitrogens is 1. The van der Waals surface area contributed by atoms with Crippen LogP contribution in [0.5, 0.6) is 0 Å². The number of H-pyrrole nitrogens is 1. The van der Waals surface area contributed by atoms with Crippen molar-refractivity contribution in [2.45, 2.75) is 6.92 Å². The molecule has 1 aromatic carbocycles. The molecule has 0 fully saturated rings. The normalized spacial score (nSPS) is 10.2. The first-order valence-corrected chi connectivity index (χ1v) is 4.73. The third kappa shape index (κ3) is 1.64. The number of amides is 1. The van der Waals surface area contributed by atoms with Gasteiger partial charge in [-0.1, -0.05) is 30.3 Å². The van der Waals surface area contributed by atoms with Crippen molar-refractivity contribution >= 4 is 5.91 Å². The summed E-state index contributed by atoms with van der Waals surface area (Å²) < 4.78 is 0. The SMILES string of the molecule is Cc1c(-c2ccccc2)c[nH]c1C(N)=O. The van der Waals surface area contributed by atoms with Gasteiger partial charge in [0.1, 0.15) is 5.69 Å². The molecular formula is C12H12N2O. The summed E-state index contributed by atoms with van der Waals surface area (Å²) in [7, 11) is 0. The minimum atomic E-state index is -0.422. The highest BCUT2D eigenvalue weighted by Gasteiger charge is 2.11. The van der Waals surface area contributed by atoms with Gasteiger partial charge in [0.05, 0.1) is 0 Å². The van der Waals surface area contributed by atoms with Gasteiger partial charge in [-0.15, -0.1) is 0 Å². The Kier molecular flexibility index (Phi) is 2.29. The fourth-order valence-electron chi connectivity index (χ4n) is 1.67. The zero-order valence-corrected chi connectivity index (χ0v) is 8.45. The van der Waals surface area contributed by atoms with E-state index in [1.54, 1.807) is 0 Å². The van der Waals surface area contributed by atoms with E-state index in [0.29, 0.717) is 5.69 Å². The minimum Gasteiger partial charge on any atom is -0.364 e. The molecule has 0 unspecified atom stereocenters. The molecule has 15 heavy (non-hydrogen) atoms. The zero-order chi connectivity index (χ0) is 10.8. The van der Waals surface area contributed by atoms with E-state index in [0.717, 1.165) is 16.7 Å². The Hall–Kier alpha value is -2.03. The average Bonchev–Trinajstić information content (AvgIpc) is 2.61. The number of carbonyl (C=O) groups is 1. The molecule has 1 amide bonds. The molecular weight excluding hydrogens is 188 g/mol. The van der Waals surface area contributed by atoms with Crippen LogP contribution in [0.25, 0.3) is 11.1 Å². The summed E-state index contributed by atoms with van der Waals surface area (Å²) in [5, 5.41) is 0. The topological polar surface area (TPSA) is 58.9 Å². The molecule has 0 saturated heterocycles. The van der Waals surface area contributed by atoms with Crippen LogP contribution < -0.4 is 5.73 Å². The van der Waals surface area contributed by atoms with Crippen molar-refractivity contribution < 1.29 is 4.79 Å². The summed E-state index contributed by atoms with van der Waals surface area (Å²) in [5.74, 6) is -0.422. The standard InChI is InChI=1S/C12H12N2O/c1-8-10(7-14-11(8)12(13)15)9-5-3-2-4-6-9/h2-7,14H,1H3,(H2,13,15). The van der Waals surface area contributed by atoms with E-state index in [9.17, 15) is 4.79 Å². The number of hydrogen-bond acceptors (Lipinski definition) is 1. The third-order valence-electron chi connectivity index (χ3n) is 2.47. The van der Waals surface area contributed by atoms with Crippen LogP contribution in [0.4, 0.5) is 0 Å². The number of rotatable bonds is 2. The maximum atomic E-state index is 11.1. The molecule has 0 atom stereocenters. The summed E-state index contributed by atoms with van der Waals surface area (Å²) in [6.45, 7) is 1.89. The van der Waals surface area contributed by atoms with Crippen LogP contribution in [0, 0.1) is 6.92 Å². The largest absolute Gasteiger partial charge is 0.364 e. The van der Waals surface area contributed by atoms with E-state index in [2.05, 4.69) is 4.98 Å². The first-order chi connectivity index (χ1) is 7.20. The van der Waals surface area contributed by atoms with Gasteiger partial charge in [-0.2, -0.15) is 0 Å². The number of benzene rings is 1. The molecule has 0 aliphatic heterocycles. The second-order valence-corrected chi connectivity index (χ2v) is 3.43. The second-order valence-electron chi connectivity index (χ2n) is 3.43. The highest BCUT2D eigenvalue weighted by Crippen LogP contribution is 2.24. The summed E-state index contributed by atoms with van der Waals surface area (Å²) in [6.07, 6.45) is 1.81. The number of hydrogen-bond donors (Lipinski definition) is 2. The molecule has 1 aromatic heterocycles. The minimum absolute atomic E-state index is 0.422. The quantitative estimate of drug-likeness (QED) is 0.766. The van der Waals surface area contributed by atoms with Crippen LogP contribution in [-0.2, 0) is 0 Å². The van der Waals surface area contributed by atoms with Crippen molar-refractivity contribution in [3.63, 3.8) is 0 Å². The van der Waals surface area contributed by atoms with Crippen molar-refractivity contribution in [3.05, 3.63) is 47.8 Å². The van der Waals surface area contributed by atoms with Gasteiger partial charge >= 0.3 is 0 Å². The lowest BCUT2D eigenvalue weighted by atomic mass is 10.0. The Morgan fingerprint density at radius 2 is 1.93 bits per heavy atom. The van der Waals surface area contributed by atoms with E-state index in [-0.39, 0.29) is 0 Å². The van der Waals surface area contributed by atoms with Gasteiger partial charge in [0.2, 0.25) is 0 Å². The first kappa shape index (κ1) is 9.52. The summed E-state index contributed by atoms with van der Waals surface area (Å²) in [5.41, 5.74) is 8.71. The van der Waals surface area contributed by atoms with Crippen molar-refractivity contribution in [1.82, 2.24) is 4.98 Å². The van der Waals surface area contributed by atoms with Crippen LogP contribution in [0.1, 0.15) is 16.1 Å². The van der Waals surface area contributed by atoms with Crippen molar-refractivity contribution in [3.8, 4) is 11.1 Å². The smallest absolute Gasteiger partial charge is 0.265 e. The fourth-order valence-corrected chi connectivity index (χ4v) is 1.67. The number of aromatic amines is 1.